The van der Waals surface area contributed by atoms with Crippen LogP contribution in [0.4, 0.5) is 8.78 Å². The summed E-state index contributed by atoms with van der Waals surface area (Å²) in [7, 11) is 1.40. The van der Waals surface area contributed by atoms with Gasteiger partial charge in [0.1, 0.15) is 5.75 Å². The van der Waals surface area contributed by atoms with Crippen LogP contribution in [0.1, 0.15) is 29.2 Å². The van der Waals surface area contributed by atoms with E-state index < -0.39 is 12.0 Å². The van der Waals surface area contributed by atoms with Crippen LogP contribution in [0.3, 0.4) is 0 Å². The van der Waals surface area contributed by atoms with Gasteiger partial charge in [-0.05, 0) is 44.4 Å². The largest absolute Gasteiger partial charge is 0.496 e. The van der Waals surface area contributed by atoms with E-state index in [9.17, 15) is 8.78 Å². The van der Waals surface area contributed by atoms with Crippen LogP contribution in [-0.2, 0) is 5.92 Å². The number of methoxy groups -OCH3 is 1. The summed E-state index contributed by atoms with van der Waals surface area (Å²) in [4.78, 5) is 0. The average molecular weight is 243 g/mol. The van der Waals surface area contributed by atoms with Crippen LogP contribution >= 0.6 is 0 Å². The van der Waals surface area contributed by atoms with Crippen LogP contribution < -0.4 is 10.5 Å². The zero-order chi connectivity index (χ0) is 13.4. The fourth-order valence-electron chi connectivity index (χ4n) is 1.95. The number of rotatable bonds is 3. The first-order chi connectivity index (χ1) is 7.73. The number of benzene rings is 1. The molecule has 0 saturated heterocycles. The van der Waals surface area contributed by atoms with E-state index in [4.69, 9.17) is 10.5 Å². The van der Waals surface area contributed by atoms with Gasteiger partial charge in [-0.2, -0.15) is 8.78 Å². The van der Waals surface area contributed by atoms with Crippen LogP contribution in [0.5, 0.6) is 5.75 Å². The number of halogens is 2. The van der Waals surface area contributed by atoms with Gasteiger partial charge in [0.05, 0.1) is 18.7 Å². The van der Waals surface area contributed by atoms with Crippen molar-refractivity contribution in [2.24, 2.45) is 5.73 Å². The Bertz CT molecular complexity index is 428. The highest BCUT2D eigenvalue weighted by Crippen LogP contribution is 2.41. The first kappa shape index (κ1) is 13.9. The minimum atomic E-state index is -3.09. The third kappa shape index (κ3) is 2.27. The molecule has 2 N–H and O–H groups in total. The molecule has 0 aliphatic carbocycles. The molecule has 2 nitrogen and oxygen atoms in total. The number of alkyl halides is 2. The predicted molar refractivity (Wildman–Crippen MR) is 64.7 cm³/mol. The molecule has 0 bridgehead atoms. The lowest BCUT2D eigenvalue weighted by Crippen LogP contribution is -2.37. The van der Waals surface area contributed by atoms with Crippen LogP contribution in [0.25, 0.3) is 0 Å². The average Bonchev–Trinajstić information content (AvgIpc) is 2.22. The van der Waals surface area contributed by atoms with Crippen LogP contribution in [-0.4, -0.2) is 13.2 Å². The highest BCUT2D eigenvalue weighted by atomic mass is 19.3. The number of hydrogen-bond acceptors (Lipinski definition) is 2. The van der Waals surface area contributed by atoms with Gasteiger partial charge in [-0.25, -0.2) is 0 Å². The van der Waals surface area contributed by atoms with Gasteiger partial charge < -0.3 is 10.5 Å². The fraction of sp³-hybridized carbons (Fsp3) is 0.538. The Morgan fingerprint density at radius 2 is 1.76 bits per heavy atom. The van der Waals surface area contributed by atoms with Gasteiger partial charge in [0.15, 0.2) is 0 Å². The molecule has 1 aromatic carbocycles. The van der Waals surface area contributed by atoms with Gasteiger partial charge in [0.25, 0.3) is 5.92 Å². The summed E-state index contributed by atoms with van der Waals surface area (Å²) in [6, 6.07) is 0.487. The number of ether oxygens (including phenoxy) is 1. The summed E-state index contributed by atoms with van der Waals surface area (Å²) in [5.41, 5.74) is 7.45. The van der Waals surface area contributed by atoms with E-state index in [0.29, 0.717) is 5.56 Å². The Morgan fingerprint density at radius 1 is 1.24 bits per heavy atom. The van der Waals surface area contributed by atoms with E-state index in [-0.39, 0.29) is 11.3 Å². The Morgan fingerprint density at radius 3 is 2.18 bits per heavy atom. The molecule has 0 saturated carbocycles. The van der Waals surface area contributed by atoms with E-state index in [1.165, 1.54) is 14.0 Å². The summed E-state index contributed by atoms with van der Waals surface area (Å²) < 4.78 is 33.3. The van der Waals surface area contributed by atoms with Crippen molar-refractivity contribution >= 4 is 0 Å². The maximum absolute atomic E-state index is 14.1. The van der Waals surface area contributed by atoms with Crippen molar-refractivity contribution < 1.29 is 13.5 Å². The molecule has 0 fully saturated rings. The summed E-state index contributed by atoms with van der Waals surface area (Å²) in [5, 5.41) is 0. The van der Waals surface area contributed by atoms with Gasteiger partial charge >= 0.3 is 0 Å². The molecular weight excluding hydrogens is 224 g/mol. The first-order valence-electron chi connectivity index (χ1n) is 5.52. The minimum Gasteiger partial charge on any atom is -0.496 e. The highest BCUT2D eigenvalue weighted by molar-refractivity contribution is 5.52. The van der Waals surface area contributed by atoms with Crippen molar-refractivity contribution in [1.82, 2.24) is 0 Å². The molecule has 0 aromatic heterocycles. The predicted octanol–water partition coefficient (Wildman–Crippen LogP) is 3.06. The second-order valence-electron chi connectivity index (χ2n) is 4.46. The summed E-state index contributed by atoms with van der Waals surface area (Å²) in [6.07, 6.45) is 0. The monoisotopic (exact) mass is 243 g/mol. The van der Waals surface area contributed by atoms with Gasteiger partial charge in [0.2, 0.25) is 0 Å². The van der Waals surface area contributed by atoms with Gasteiger partial charge in [-0.3, -0.25) is 0 Å². The minimum absolute atomic E-state index is 0.0990. The Balaban J connectivity index is 3.58. The lowest BCUT2D eigenvalue weighted by molar-refractivity contribution is -0.0282. The van der Waals surface area contributed by atoms with E-state index in [2.05, 4.69) is 0 Å². The van der Waals surface area contributed by atoms with Crippen molar-refractivity contribution in [2.75, 3.05) is 7.11 Å². The van der Waals surface area contributed by atoms with Gasteiger partial charge in [-0.1, -0.05) is 6.07 Å². The van der Waals surface area contributed by atoms with Crippen molar-refractivity contribution in [3.63, 3.8) is 0 Å². The van der Waals surface area contributed by atoms with E-state index in [0.717, 1.165) is 11.1 Å². The summed E-state index contributed by atoms with van der Waals surface area (Å²) in [5.74, 6) is -2.85. The maximum Gasteiger partial charge on any atom is 0.291 e. The molecule has 0 heterocycles. The second-order valence-corrected chi connectivity index (χ2v) is 4.46. The molecule has 0 amide bonds. The molecule has 4 heteroatoms. The second kappa shape index (κ2) is 4.61. The quantitative estimate of drug-likeness (QED) is 0.885. The summed E-state index contributed by atoms with van der Waals surface area (Å²) >= 11 is 0. The smallest absolute Gasteiger partial charge is 0.291 e. The van der Waals surface area contributed by atoms with Crippen LogP contribution in [0, 0.1) is 20.8 Å². The van der Waals surface area contributed by atoms with Gasteiger partial charge in [-0.15, -0.1) is 0 Å². The Kier molecular flexibility index (Phi) is 3.77. The van der Waals surface area contributed by atoms with Crippen molar-refractivity contribution in [1.29, 1.82) is 0 Å². The van der Waals surface area contributed by atoms with E-state index in [1.54, 1.807) is 19.9 Å². The lowest BCUT2D eigenvalue weighted by Gasteiger charge is -2.26. The molecule has 0 aliphatic rings. The van der Waals surface area contributed by atoms with Crippen molar-refractivity contribution in [3.8, 4) is 5.75 Å². The number of aryl methyl sites for hydroxylation is 2. The zero-order valence-electron chi connectivity index (χ0n) is 10.9. The zero-order valence-corrected chi connectivity index (χ0v) is 10.9. The van der Waals surface area contributed by atoms with Crippen LogP contribution in [0.2, 0.25) is 0 Å². The molecule has 1 unspecified atom stereocenters. The maximum atomic E-state index is 14.1. The van der Waals surface area contributed by atoms with Crippen LogP contribution in [0.15, 0.2) is 6.07 Å². The SMILES string of the molecule is COc1c(C)c(C)cc(C)c1C(F)(F)C(C)N. The molecule has 1 atom stereocenters. The molecule has 0 aliphatic heterocycles. The number of hydrogen-bond donors (Lipinski definition) is 1. The first-order valence-corrected chi connectivity index (χ1v) is 5.52. The summed E-state index contributed by atoms with van der Waals surface area (Å²) in [6.45, 7) is 6.60. The van der Waals surface area contributed by atoms with Gasteiger partial charge in [0, 0.05) is 0 Å². The topological polar surface area (TPSA) is 35.2 Å². The standard InChI is InChI=1S/C13H19F2NO/c1-7-6-8(2)11(12(17-5)9(7)3)13(14,15)10(4)16/h6,10H,16H2,1-5H3. The van der Waals surface area contributed by atoms with Crippen molar-refractivity contribution in [2.45, 2.75) is 39.7 Å². The molecule has 96 valence electrons. The van der Waals surface area contributed by atoms with Crippen molar-refractivity contribution in [3.05, 3.63) is 28.3 Å². The third-order valence-electron chi connectivity index (χ3n) is 3.10. The Labute approximate surface area is 101 Å². The van der Waals surface area contributed by atoms with E-state index in [1.807, 2.05) is 6.92 Å². The molecular formula is C13H19F2NO. The Hall–Kier alpha value is -1.16. The molecule has 1 aromatic rings. The third-order valence-corrected chi connectivity index (χ3v) is 3.10. The molecule has 17 heavy (non-hydrogen) atoms. The number of nitrogens with two attached hydrogens (primary N) is 1. The fourth-order valence-corrected chi connectivity index (χ4v) is 1.95. The highest BCUT2D eigenvalue weighted by Gasteiger charge is 2.41. The van der Waals surface area contributed by atoms with E-state index >= 15 is 0 Å². The molecule has 0 radical (unpaired) electrons. The molecule has 0 spiro atoms. The molecule has 1 rings (SSSR count). The lowest BCUT2D eigenvalue weighted by atomic mass is 9.92. The normalized spacial score (nSPS) is 13.6.